The number of hydrogen-bond acceptors (Lipinski definition) is 2. The van der Waals surface area contributed by atoms with E-state index in [1.807, 2.05) is 0 Å². The number of nitrogens with two attached hydrogens (primary N) is 1. The Balaban J connectivity index is 2.15. The molecule has 0 radical (unpaired) electrons. The topological polar surface area (TPSA) is 46.2 Å². The zero-order valence-corrected chi connectivity index (χ0v) is 9.32. The van der Waals surface area contributed by atoms with Gasteiger partial charge in [-0.3, -0.25) is 0 Å². The fourth-order valence-electron chi connectivity index (χ4n) is 2.65. The normalized spacial score (nSPS) is 29.6. The molecule has 2 rings (SSSR count). The number of aliphatic hydroxyl groups excluding tert-OH is 1. The van der Waals surface area contributed by atoms with E-state index < -0.39 is 0 Å². The van der Waals surface area contributed by atoms with Crippen LogP contribution in [-0.4, -0.2) is 17.8 Å². The van der Waals surface area contributed by atoms with Crippen molar-refractivity contribution in [1.29, 1.82) is 0 Å². The molecule has 0 unspecified atom stereocenters. The van der Waals surface area contributed by atoms with E-state index in [1.165, 1.54) is 12.1 Å². The Morgan fingerprint density at radius 2 is 2.06 bits per heavy atom. The highest BCUT2D eigenvalue weighted by Gasteiger charge is 2.40. The average Bonchev–Trinajstić information content (AvgIpc) is 2.64. The van der Waals surface area contributed by atoms with Crippen LogP contribution in [0, 0.1) is 11.2 Å². The molecule has 88 valence electrons. The van der Waals surface area contributed by atoms with Crippen molar-refractivity contribution in [2.24, 2.45) is 11.1 Å². The maximum Gasteiger partial charge on any atom is 0.123 e. The number of benzene rings is 1. The van der Waals surface area contributed by atoms with Gasteiger partial charge in [0, 0.05) is 12.0 Å². The second-order valence-corrected chi connectivity index (χ2v) is 4.78. The van der Waals surface area contributed by atoms with Crippen LogP contribution in [0.25, 0.3) is 0 Å². The molecule has 1 aliphatic carbocycles. The molecule has 2 atom stereocenters. The summed E-state index contributed by atoms with van der Waals surface area (Å²) >= 11 is 0. The first-order valence-electron chi connectivity index (χ1n) is 5.79. The zero-order chi connectivity index (χ0) is 11.6. The summed E-state index contributed by atoms with van der Waals surface area (Å²) in [5, 5.41) is 10.0. The van der Waals surface area contributed by atoms with Crippen molar-refractivity contribution in [3.63, 3.8) is 0 Å². The van der Waals surface area contributed by atoms with E-state index in [4.69, 9.17) is 5.73 Å². The van der Waals surface area contributed by atoms with Crippen molar-refractivity contribution in [3.05, 3.63) is 35.6 Å². The minimum absolute atomic E-state index is 0.197. The molecular weight excluding hydrogens is 205 g/mol. The molecule has 1 aromatic rings. The number of halogens is 1. The lowest BCUT2D eigenvalue weighted by atomic mass is 9.78. The Morgan fingerprint density at radius 3 is 2.56 bits per heavy atom. The fourth-order valence-corrected chi connectivity index (χ4v) is 2.65. The van der Waals surface area contributed by atoms with Gasteiger partial charge in [-0.1, -0.05) is 18.6 Å². The van der Waals surface area contributed by atoms with Crippen molar-refractivity contribution in [3.8, 4) is 0 Å². The van der Waals surface area contributed by atoms with Crippen molar-refractivity contribution < 1.29 is 9.50 Å². The molecule has 0 aromatic heterocycles. The van der Waals surface area contributed by atoms with Crippen molar-refractivity contribution in [1.82, 2.24) is 0 Å². The zero-order valence-electron chi connectivity index (χ0n) is 9.32. The Labute approximate surface area is 95.3 Å². The summed E-state index contributed by atoms with van der Waals surface area (Å²) in [6.45, 7) is 0.492. The van der Waals surface area contributed by atoms with Crippen LogP contribution in [0.4, 0.5) is 4.39 Å². The summed E-state index contributed by atoms with van der Waals surface area (Å²) in [5.74, 6) is -0.225. The molecule has 1 saturated carbocycles. The monoisotopic (exact) mass is 223 g/mol. The van der Waals surface area contributed by atoms with Gasteiger partial charge >= 0.3 is 0 Å². The maximum absolute atomic E-state index is 12.8. The predicted octanol–water partition coefficient (Wildman–Crippen LogP) is 1.86. The van der Waals surface area contributed by atoms with E-state index in [-0.39, 0.29) is 17.3 Å². The maximum atomic E-state index is 12.8. The van der Waals surface area contributed by atoms with Crippen molar-refractivity contribution >= 4 is 0 Å². The quantitative estimate of drug-likeness (QED) is 0.821. The highest BCUT2D eigenvalue weighted by atomic mass is 19.1. The molecule has 3 N–H and O–H groups in total. The second-order valence-electron chi connectivity index (χ2n) is 4.78. The van der Waals surface area contributed by atoms with Gasteiger partial charge in [0.1, 0.15) is 5.82 Å². The van der Waals surface area contributed by atoms with Gasteiger partial charge in [-0.2, -0.15) is 0 Å². The SMILES string of the molecule is NC[C@@]1(Cc2ccc(F)cc2)CCC[C@H]1O. The standard InChI is InChI=1S/C13H18FNO/c14-11-5-3-10(4-6-11)8-13(9-15)7-1-2-12(13)16/h3-6,12,16H,1-2,7-9,15H2/t12-,13+/m1/s1. The lowest BCUT2D eigenvalue weighted by Gasteiger charge is -2.31. The minimum Gasteiger partial charge on any atom is -0.392 e. The van der Waals surface area contributed by atoms with E-state index in [2.05, 4.69) is 0 Å². The fraction of sp³-hybridized carbons (Fsp3) is 0.538. The summed E-state index contributed by atoms with van der Waals surface area (Å²) in [6.07, 6.45) is 3.24. The van der Waals surface area contributed by atoms with Gasteiger partial charge in [-0.15, -0.1) is 0 Å². The summed E-state index contributed by atoms with van der Waals surface area (Å²) in [5.41, 5.74) is 6.66. The van der Waals surface area contributed by atoms with Crippen LogP contribution in [0.1, 0.15) is 24.8 Å². The van der Waals surface area contributed by atoms with Gasteiger partial charge < -0.3 is 10.8 Å². The third kappa shape index (κ3) is 2.11. The van der Waals surface area contributed by atoms with Gasteiger partial charge in [0.25, 0.3) is 0 Å². The molecule has 16 heavy (non-hydrogen) atoms. The van der Waals surface area contributed by atoms with E-state index >= 15 is 0 Å². The molecule has 1 fully saturated rings. The molecule has 0 aliphatic heterocycles. The lowest BCUT2D eigenvalue weighted by molar-refractivity contribution is 0.0588. The first-order chi connectivity index (χ1) is 7.66. The van der Waals surface area contributed by atoms with Crippen molar-refractivity contribution in [2.45, 2.75) is 31.8 Å². The van der Waals surface area contributed by atoms with Crippen LogP contribution < -0.4 is 5.73 Å². The number of aliphatic hydroxyl groups is 1. The van der Waals surface area contributed by atoms with Crippen LogP contribution in [-0.2, 0) is 6.42 Å². The third-order valence-corrected chi connectivity index (χ3v) is 3.74. The predicted molar refractivity (Wildman–Crippen MR) is 61.4 cm³/mol. The van der Waals surface area contributed by atoms with E-state index in [9.17, 15) is 9.50 Å². The highest BCUT2D eigenvalue weighted by molar-refractivity contribution is 5.19. The molecule has 0 saturated heterocycles. The number of hydrogen-bond donors (Lipinski definition) is 2. The molecule has 3 heteroatoms. The Bertz CT molecular complexity index is 351. The second kappa shape index (κ2) is 4.52. The van der Waals surface area contributed by atoms with Gasteiger partial charge in [0.15, 0.2) is 0 Å². The van der Waals surface area contributed by atoms with Crippen LogP contribution in [0.2, 0.25) is 0 Å². The summed E-state index contributed by atoms with van der Waals surface area (Å²) in [6, 6.07) is 6.47. The lowest BCUT2D eigenvalue weighted by Crippen LogP contribution is -2.39. The molecule has 1 aliphatic rings. The third-order valence-electron chi connectivity index (χ3n) is 3.74. The molecular formula is C13H18FNO. The summed E-state index contributed by atoms with van der Waals surface area (Å²) in [7, 11) is 0. The molecule has 1 aromatic carbocycles. The molecule has 0 amide bonds. The Hall–Kier alpha value is -0.930. The van der Waals surface area contributed by atoms with Crippen LogP contribution in [0.3, 0.4) is 0 Å². The van der Waals surface area contributed by atoms with Crippen LogP contribution in [0.5, 0.6) is 0 Å². The number of rotatable bonds is 3. The van der Waals surface area contributed by atoms with Gasteiger partial charge in [0.2, 0.25) is 0 Å². The van der Waals surface area contributed by atoms with Gasteiger partial charge in [-0.25, -0.2) is 4.39 Å². The highest BCUT2D eigenvalue weighted by Crippen LogP contribution is 2.40. The Kier molecular flexibility index (Phi) is 3.26. The van der Waals surface area contributed by atoms with E-state index in [1.54, 1.807) is 12.1 Å². The summed E-state index contributed by atoms with van der Waals surface area (Å²) < 4.78 is 12.8. The molecule has 2 nitrogen and oxygen atoms in total. The summed E-state index contributed by atoms with van der Waals surface area (Å²) in [4.78, 5) is 0. The van der Waals surface area contributed by atoms with Crippen molar-refractivity contribution in [2.75, 3.05) is 6.54 Å². The first kappa shape index (κ1) is 11.6. The van der Waals surface area contributed by atoms with E-state index in [0.717, 1.165) is 31.2 Å². The van der Waals surface area contributed by atoms with E-state index in [0.29, 0.717) is 6.54 Å². The Morgan fingerprint density at radius 1 is 1.38 bits per heavy atom. The van der Waals surface area contributed by atoms with Gasteiger partial charge in [0.05, 0.1) is 6.10 Å². The average molecular weight is 223 g/mol. The van der Waals surface area contributed by atoms with Crippen LogP contribution in [0.15, 0.2) is 24.3 Å². The molecule has 0 heterocycles. The largest absolute Gasteiger partial charge is 0.392 e. The van der Waals surface area contributed by atoms with Gasteiger partial charge in [-0.05, 0) is 37.0 Å². The van der Waals surface area contributed by atoms with Crippen LogP contribution >= 0.6 is 0 Å². The molecule has 0 spiro atoms. The first-order valence-corrected chi connectivity index (χ1v) is 5.79. The minimum atomic E-state index is -0.317. The molecule has 0 bridgehead atoms. The smallest absolute Gasteiger partial charge is 0.123 e.